The van der Waals surface area contributed by atoms with Gasteiger partial charge in [0, 0.05) is 11.4 Å². The summed E-state index contributed by atoms with van der Waals surface area (Å²) >= 11 is 8.24. The first-order valence-electron chi connectivity index (χ1n) is 4.21. The highest BCUT2D eigenvalue weighted by Crippen LogP contribution is 2.15. The van der Waals surface area contributed by atoms with Crippen molar-refractivity contribution in [1.29, 1.82) is 0 Å². The molecule has 1 heterocycles. The summed E-state index contributed by atoms with van der Waals surface area (Å²) in [6.45, 7) is 3.27. The topological polar surface area (TPSA) is 54.0 Å². The Hall–Kier alpha value is -1.01. The molecule has 2 N–H and O–H groups in total. The summed E-state index contributed by atoms with van der Waals surface area (Å²) in [7, 11) is 0. The molecule has 1 amide bonds. The minimum Gasteiger partial charge on any atom is -0.317 e. The molecule has 0 atom stereocenters. The van der Waals surface area contributed by atoms with Gasteiger partial charge in [-0.05, 0) is 47.2 Å². The second-order valence-corrected chi connectivity index (χ2v) is 4.16. The molecule has 0 saturated carbocycles. The van der Waals surface area contributed by atoms with Gasteiger partial charge in [0.25, 0.3) is 0 Å². The van der Waals surface area contributed by atoms with E-state index in [4.69, 9.17) is 12.2 Å². The van der Waals surface area contributed by atoms with Crippen LogP contribution in [0.4, 0.5) is 5.82 Å². The number of rotatable bonds is 1. The van der Waals surface area contributed by atoms with Crippen LogP contribution in [0.5, 0.6) is 0 Å². The van der Waals surface area contributed by atoms with Gasteiger partial charge in [0.2, 0.25) is 5.91 Å². The predicted molar refractivity (Wildman–Crippen MR) is 66.7 cm³/mol. The highest BCUT2D eigenvalue weighted by molar-refractivity contribution is 9.10. The van der Waals surface area contributed by atoms with E-state index in [9.17, 15) is 4.79 Å². The number of amides is 1. The van der Waals surface area contributed by atoms with E-state index in [1.807, 2.05) is 13.0 Å². The van der Waals surface area contributed by atoms with Crippen LogP contribution in [0, 0.1) is 6.92 Å². The molecule has 0 fully saturated rings. The van der Waals surface area contributed by atoms with Crippen molar-refractivity contribution in [3.05, 3.63) is 22.3 Å². The summed E-state index contributed by atoms with van der Waals surface area (Å²) < 4.78 is 0.929. The van der Waals surface area contributed by atoms with Gasteiger partial charge in [-0.1, -0.05) is 0 Å². The fourth-order valence-electron chi connectivity index (χ4n) is 0.921. The minimum atomic E-state index is -0.207. The number of halogens is 1. The maximum absolute atomic E-state index is 10.7. The van der Waals surface area contributed by atoms with Crippen LogP contribution in [0.1, 0.15) is 12.6 Å². The molecule has 0 aliphatic rings. The zero-order valence-electron chi connectivity index (χ0n) is 8.30. The number of carbonyl (C=O) groups excluding carboxylic acids is 1. The lowest BCUT2D eigenvalue weighted by Crippen LogP contribution is -2.32. The molecule has 0 bridgehead atoms. The molecule has 0 aromatic carbocycles. The number of hydrogen-bond acceptors (Lipinski definition) is 3. The van der Waals surface area contributed by atoms with Crippen molar-refractivity contribution in [2.45, 2.75) is 13.8 Å². The van der Waals surface area contributed by atoms with Gasteiger partial charge in [0.1, 0.15) is 5.82 Å². The van der Waals surface area contributed by atoms with Crippen LogP contribution in [0.3, 0.4) is 0 Å². The largest absolute Gasteiger partial charge is 0.317 e. The number of hydrogen-bond donors (Lipinski definition) is 2. The normalized spacial score (nSPS) is 9.53. The Labute approximate surface area is 102 Å². The number of anilines is 1. The van der Waals surface area contributed by atoms with E-state index in [0.29, 0.717) is 5.82 Å². The van der Waals surface area contributed by atoms with E-state index in [2.05, 4.69) is 31.5 Å². The van der Waals surface area contributed by atoms with Crippen molar-refractivity contribution in [1.82, 2.24) is 10.3 Å². The Morgan fingerprint density at radius 3 is 2.73 bits per heavy atom. The van der Waals surface area contributed by atoms with Crippen molar-refractivity contribution in [3.63, 3.8) is 0 Å². The average Bonchev–Trinajstić information content (AvgIpc) is 2.10. The van der Waals surface area contributed by atoms with Gasteiger partial charge in [-0.25, -0.2) is 4.98 Å². The average molecular weight is 288 g/mol. The van der Waals surface area contributed by atoms with E-state index >= 15 is 0 Å². The number of thiocarbonyl (C=S) groups is 1. The SMILES string of the molecule is CC(=O)NC(=S)Nc1ccc(Br)c(C)n1. The van der Waals surface area contributed by atoms with Gasteiger partial charge in [-0.3, -0.25) is 4.79 Å². The number of aryl methyl sites for hydroxylation is 1. The zero-order valence-corrected chi connectivity index (χ0v) is 10.7. The fraction of sp³-hybridized carbons (Fsp3) is 0.222. The Kier molecular flexibility index (Phi) is 4.16. The van der Waals surface area contributed by atoms with Crippen LogP contribution in [0.2, 0.25) is 0 Å². The number of pyridine rings is 1. The second kappa shape index (κ2) is 5.18. The number of nitrogens with one attached hydrogen (secondary N) is 2. The van der Waals surface area contributed by atoms with Crippen LogP contribution < -0.4 is 10.6 Å². The Morgan fingerprint density at radius 2 is 2.20 bits per heavy atom. The van der Waals surface area contributed by atoms with Crippen LogP contribution in [0.25, 0.3) is 0 Å². The maximum Gasteiger partial charge on any atom is 0.222 e. The third kappa shape index (κ3) is 3.93. The van der Waals surface area contributed by atoms with Crippen molar-refractivity contribution >= 4 is 45.0 Å². The summed E-state index contributed by atoms with van der Waals surface area (Å²) in [5.74, 6) is 0.399. The molecule has 80 valence electrons. The van der Waals surface area contributed by atoms with Crippen LogP contribution in [-0.4, -0.2) is 16.0 Å². The van der Waals surface area contributed by atoms with E-state index in [1.165, 1.54) is 6.92 Å². The first-order chi connectivity index (χ1) is 6.99. The van der Waals surface area contributed by atoms with Gasteiger partial charge < -0.3 is 10.6 Å². The third-order valence-corrected chi connectivity index (χ3v) is 2.59. The Balaban J connectivity index is 2.69. The summed E-state index contributed by atoms with van der Waals surface area (Å²) in [5.41, 5.74) is 0.852. The third-order valence-electron chi connectivity index (χ3n) is 1.55. The van der Waals surface area contributed by atoms with Gasteiger partial charge in [0.05, 0.1) is 5.69 Å². The highest BCUT2D eigenvalue weighted by atomic mass is 79.9. The first kappa shape index (κ1) is 12.1. The molecule has 1 aromatic heterocycles. The Morgan fingerprint density at radius 1 is 1.53 bits per heavy atom. The van der Waals surface area contributed by atoms with Crippen molar-refractivity contribution in [3.8, 4) is 0 Å². The van der Waals surface area contributed by atoms with E-state index in [-0.39, 0.29) is 11.0 Å². The molecule has 0 radical (unpaired) electrons. The Bertz CT molecular complexity index is 408. The van der Waals surface area contributed by atoms with Gasteiger partial charge in [-0.2, -0.15) is 0 Å². The van der Waals surface area contributed by atoms with Crippen LogP contribution in [0.15, 0.2) is 16.6 Å². The fourth-order valence-corrected chi connectivity index (χ4v) is 1.39. The van der Waals surface area contributed by atoms with Crippen molar-refractivity contribution in [2.75, 3.05) is 5.32 Å². The summed E-state index contributed by atoms with van der Waals surface area (Å²) in [5, 5.41) is 5.51. The molecule has 0 aliphatic heterocycles. The van der Waals surface area contributed by atoms with E-state index in [1.54, 1.807) is 6.07 Å². The van der Waals surface area contributed by atoms with Crippen molar-refractivity contribution in [2.24, 2.45) is 0 Å². The van der Waals surface area contributed by atoms with Gasteiger partial charge >= 0.3 is 0 Å². The number of carbonyl (C=O) groups is 1. The molecule has 15 heavy (non-hydrogen) atoms. The molecular weight excluding hydrogens is 278 g/mol. The predicted octanol–water partition coefficient (Wildman–Crippen LogP) is 1.99. The van der Waals surface area contributed by atoms with E-state index in [0.717, 1.165) is 10.2 Å². The zero-order chi connectivity index (χ0) is 11.4. The smallest absolute Gasteiger partial charge is 0.222 e. The van der Waals surface area contributed by atoms with Crippen LogP contribution >= 0.6 is 28.1 Å². The summed E-state index contributed by atoms with van der Waals surface area (Å²) in [6.07, 6.45) is 0. The highest BCUT2D eigenvalue weighted by Gasteiger charge is 2.02. The lowest BCUT2D eigenvalue weighted by atomic mass is 10.4. The molecule has 0 saturated heterocycles. The lowest BCUT2D eigenvalue weighted by molar-refractivity contribution is -0.117. The molecule has 4 nitrogen and oxygen atoms in total. The standard InChI is InChI=1S/C9H10BrN3OS/c1-5-7(10)3-4-8(11-5)13-9(15)12-6(2)14/h3-4H,1-2H3,(H2,11,12,13,14,15). The minimum absolute atomic E-state index is 0.207. The van der Waals surface area contributed by atoms with Crippen molar-refractivity contribution < 1.29 is 4.79 Å². The molecule has 0 spiro atoms. The quantitative estimate of drug-likeness (QED) is 0.776. The second-order valence-electron chi connectivity index (χ2n) is 2.90. The number of aromatic nitrogens is 1. The van der Waals surface area contributed by atoms with Gasteiger partial charge in [0.15, 0.2) is 5.11 Å². The molecule has 1 rings (SSSR count). The van der Waals surface area contributed by atoms with Gasteiger partial charge in [-0.15, -0.1) is 0 Å². The number of nitrogens with zero attached hydrogens (tertiary/aromatic N) is 1. The molecule has 0 aliphatic carbocycles. The van der Waals surface area contributed by atoms with E-state index < -0.39 is 0 Å². The lowest BCUT2D eigenvalue weighted by Gasteiger charge is -2.08. The summed E-state index contributed by atoms with van der Waals surface area (Å²) in [4.78, 5) is 14.9. The first-order valence-corrected chi connectivity index (χ1v) is 5.41. The molecule has 6 heteroatoms. The monoisotopic (exact) mass is 287 g/mol. The van der Waals surface area contributed by atoms with Crippen LogP contribution in [-0.2, 0) is 4.79 Å². The molecular formula is C9H10BrN3OS. The maximum atomic E-state index is 10.7. The molecule has 0 unspecified atom stereocenters. The summed E-state index contributed by atoms with van der Waals surface area (Å²) in [6, 6.07) is 3.63. The molecule has 1 aromatic rings.